The van der Waals surface area contributed by atoms with E-state index in [4.69, 9.17) is 9.47 Å². The Hall–Kier alpha value is -2.08. The summed E-state index contributed by atoms with van der Waals surface area (Å²) in [6.45, 7) is 4.71. The Morgan fingerprint density at radius 2 is 2.00 bits per heavy atom. The van der Waals surface area contributed by atoms with Crippen LogP contribution in [-0.4, -0.2) is 43.3 Å². The largest absolute Gasteiger partial charge is 0.496 e. The Balaban J connectivity index is 2.17. The molecule has 1 aromatic rings. The number of carbonyl (C=O) groups is 2. The Bertz CT molecular complexity index is 570. The maximum atomic E-state index is 12.5. The van der Waals surface area contributed by atoms with Crippen LogP contribution in [0.5, 0.6) is 5.75 Å². The molecule has 0 spiro atoms. The van der Waals surface area contributed by atoms with Crippen molar-refractivity contribution in [3.8, 4) is 5.75 Å². The van der Waals surface area contributed by atoms with Crippen LogP contribution in [0.25, 0.3) is 0 Å². The number of ether oxygens (including phenoxy) is 2. The van der Waals surface area contributed by atoms with E-state index in [2.05, 4.69) is 5.32 Å². The van der Waals surface area contributed by atoms with Crippen molar-refractivity contribution >= 4 is 11.9 Å². The maximum Gasteiger partial charge on any atom is 0.326 e. The molecule has 1 amide bonds. The number of hydrogen-bond acceptors (Lipinski definition) is 4. The number of carboxylic acids is 1. The lowest BCUT2D eigenvalue weighted by atomic mass is 9.93. The van der Waals surface area contributed by atoms with Crippen molar-refractivity contribution in [3.05, 3.63) is 28.8 Å². The van der Waals surface area contributed by atoms with Gasteiger partial charge in [0.05, 0.1) is 13.7 Å². The van der Waals surface area contributed by atoms with Gasteiger partial charge in [-0.15, -0.1) is 0 Å². The Kier molecular flexibility index (Phi) is 5.60. The molecule has 2 N–H and O–H groups in total. The second kappa shape index (κ2) is 7.46. The highest BCUT2D eigenvalue weighted by Crippen LogP contribution is 2.25. The summed E-state index contributed by atoms with van der Waals surface area (Å²) < 4.78 is 10.6. The van der Waals surface area contributed by atoms with E-state index in [1.54, 1.807) is 19.2 Å². The van der Waals surface area contributed by atoms with E-state index in [-0.39, 0.29) is 5.92 Å². The molecule has 0 aromatic heterocycles. The molecule has 126 valence electrons. The van der Waals surface area contributed by atoms with E-state index in [0.29, 0.717) is 18.8 Å². The number of nitrogens with one attached hydrogen (secondary N) is 1. The minimum absolute atomic E-state index is 0.203. The fourth-order valence-corrected chi connectivity index (χ4v) is 3.04. The second-order valence-corrected chi connectivity index (χ2v) is 5.91. The normalized spacial score (nSPS) is 19.0. The van der Waals surface area contributed by atoms with Crippen molar-refractivity contribution in [1.82, 2.24) is 5.32 Å². The highest BCUT2D eigenvalue weighted by Gasteiger charge is 2.31. The number of methoxy groups -OCH3 is 1. The van der Waals surface area contributed by atoms with E-state index in [0.717, 1.165) is 29.7 Å². The molecule has 1 aromatic carbocycles. The standard InChI is InChI=1S/C17H23NO5/c1-10-7-13(8-11(2)15(10)22-3)16(19)18-14(17(20)21)12-5-4-6-23-9-12/h7-8,12,14H,4-6,9H2,1-3H3,(H,18,19)(H,20,21)/t12-,14+/m1/s1. The van der Waals surface area contributed by atoms with Crippen LogP contribution in [-0.2, 0) is 9.53 Å². The average Bonchev–Trinajstić information content (AvgIpc) is 2.52. The topological polar surface area (TPSA) is 84.9 Å². The summed E-state index contributed by atoms with van der Waals surface area (Å²) in [4.78, 5) is 24.0. The van der Waals surface area contributed by atoms with E-state index < -0.39 is 17.9 Å². The Labute approximate surface area is 135 Å². The average molecular weight is 321 g/mol. The molecule has 0 saturated carbocycles. The van der Waals surface area contributed by atoms with Gasteiger partial charge in [-0.2, -0.15) is 0 Å². The van der Waals surface area contributed by atoms with Gasteiger partial charge >= 0.3 is 5.97 Å². The third kappa shape index (κ3) is 4.01. The second-order valence-electron chi connectivity index (χ2n) is 5.91. The SMILES string of the molecule is COc1c(C)cc(C(=O)N[C@H](C(=O)O)[C@@H]2CCCOC2)cc1C. The van der Waals surface area contributed by atoms with Crippen molar-refractivity contribution in [3.63, 3.8) is 0 Å². The Morgan fingerprint density at radius 3 is 2.48 bits per heavy atom. The summed E-state index contributed by atoms with van der Waals surface area (Å²) in [5.41, 5.74) is 2.11. The molecule has 23 heavy (non-hydrogen) atoms. The summed E-state index contributed by atoms with van der Waals surface area (Å²) in [5, 5.41) is 12.1. The summed E-state index contributed by atoms with van der Waals surface area (Å²) in [5.74, 6) is -0.893. The predicted molar refractivity (Wildman–Crippen MR) is 84.9 cm³/mol. The van der Waals surface area contributed by atoms with Gasteiger partial charge in [-0.05, 0) is 49.9 Å². The molecule has 2 rings (SSSR count). The molecule has 6 heteroatoms. The molecule has 0 radical (unpaired) electrons. The molecule has 0 aliphatic carbocycles. The number of aliphatic carboxylic acids is 1. The van der Waals surface area contributed by atoms with Gasteiger partial charge in [0.25, 0.3) is 5.91 Å². The summed E-state index contributed by atoms with van der Waals surface area (Å²) in [6.07, 6.45) is 1.54. The fraction of sp³-hybridized carbons (Fsp3) is 0.529. The van der Waals surface area contributed by atoms with Gasteiger partial charge in [-0.3, -0.25) is 4.79 Å². The third-order valence-electron chi connectivity index (χ3n) is 4.15. The molecule has 2 atom stereocenters. The van der Waals surface area contributed by atoms with Gasteiger partial charge in [0.2, 0.25) is 0 Å². The van der Waals surface area contributed by atoms with Crippen LogP contribution in [0.4, 0.5) is 0 Å². The zero-order valence-electron chi connectivity index (χ0n) is 13.7. The van der Waals surface area contributed by atoms with Crippen LogP contribution >= 0.6 is 0 Å². The van der Waals surface area contributed by atoms with E-state index in [1.807, 2.05) is 13.8 Å². The summed E-state index contributed by atoms with van der Waals surface area (Å²) >= 11 is 0. The van der Waals surface area contributed by atoms with E-state index in [9.17, 15) is 14.7 Å². The first kappa shape index (κ1) is 17.3. The van der Waals surface area contributed by atoms with Crippen LogP contribution in [0, 0.1) is 19.8 Å². The number of benzene rings is 1. The van der Waals surface area contributed by atoms with Crippen LogP contribution in [0.1, 0.15) is 34.3 Å². The number of rotatable bonds is 5. The van der Waals surface area contributed by atoms with Gasteiger partial charge in [-0.25, -0.2) is 4.79 Å². The maximum absolute atomic E-state index is 12.5. The van der Waals surface area contributed by atoms with Crippen molar-refractivity contribution in [1.29, 1.82) is 0 Å². The molecule has 0 bridgehead atoms. The van der Waals surface area contributed by atoms with Crippen molar-refractivity contribution in [2.75, 3.05) is 20.3 Å². The van der Waals surface area contributed by atoms with E-state index in [1.165, 1.54) is 0 Å². The van der Waals surface area contributed by atoms with Crippen LogP contribution in [0.3, 0.4) is 0 Å². The zero-order chi connectivity index (χ0) is 17.0. The van der Waals surface area contributed by atoms with Crippen LogP contribution in [0.15, 0.2) is 12.1 Å². The van der Waals surface area contributed by atoms with Gasteiger partial charge in [-0.1, -0.05) is 0 Å². The van der Waals surface area contributed by atoms with Gasteiger partial charge in [0.15, 0.2) is 0 Å². The number of carboxylic acid groups (broad SMARTS) is 1. The molecule has 6 nitrogen and oxygen atoms in total. The third-order valence-corrected chi connectivity index (χ3v) is 4.15. The van der Waals surface area contributed by atoms with Gasteiger partial charge < -0.3 is 19.9 Å². The lowest BCUT2D eigenvalue weighted by molar-refractivity contribution is -0.142. The van der Waals surface area contributed by atoms with Gasteiger partial charge in [0.1, 0.15) is 11.8 Å². The molecule has 1 aliphatic heterocycles. The monoisotopic (exact) mass is 321 g/mol. The molecular formula is C17H23NO5. The smallest absolute Gasteiger partial charge is 0.326 e. The number of carbonyl (C=O) groups excluding carboxylic acids is 1. The first-order valence-electron chi connectivity index (χ1n) is 7.70. The highest BCUT2D eigenvalue weighted by molar-refractivity contribution is 5.97. The van der Waals surface area contributed by atoms with Gasteiger partial charge in [0, 0.05) is 18.1 Å². The minimum atomic E-state index is -1.03. The highest BCUT2D eigenvalue weighted by atomic mass is 16.5. The Morgan fingerprint density at radius 1 is 1.35 bits per heavy atom. The minimum Gasteiger partial charge on any atom is -0.496 e. The number of aryl methyl sites for hydroxylation is 2. The molecular weight excluding hydrogens is 298 g/mol. The number of amides is 1. The lowest BCUT2D eigenvalue weighted by Gasteiger charge is -2.28. The number of hydrogen-bond donors (Lipinski definition) is 2. The fourth-order valence-electron chi connectivity index (χ4n) is 3.04. The van der Waals surface area contributed by atoms with Crippen molar-refractivity contribution in [2.24, 2.45) is 5.92 Å². The zero-order valence-corrected chi connectivity index (χ0v) is 13.7. The lowest BCUT2D eigenvalue weighted by Crippen LogP contribution is -2.48. The van der Waals surface area contributed by atoms with Crippen LogP contribution in [0.2, 0.25) is 0 Å². The molecule has 1 heterocycles. The first-order chi connectivity index (χ1) is 10.9. The molecule has 1 saturated heterocycles. The summed E-state index contributed by atoms with van der Waals surface area (Å²) in [6, 6.07) is 2.47. The van der Waals surface area contributed by atoms with Crippen molar-refractivity contribution < 1.29 is 24.2 Å². The van der Waals surface area contributed by atoms with E-state index >= 15 is 0 Å². The predicted octanol–water partition coefficient (Wildman–Crippen LogP) is 1.92. The van der Waals surface area contributed by atoms with Crippen LogP contribution < -0.4 is 10.1 Å². The van der Waals surface area contributed by atoms with Crippen molar-refractivity contribution in [2.45, 2.75) is 32.7 Å². The first-order valence-corrected chi connectivity index (χ1v) is 7.70. The molecule has 0 unspecified atom stereocenters. The quantitative estimate of drug-likeness (QED) is 0.865. The molecule has 1 aliphatic rings. The summed E-state index contributed by atoms with van der Waals surface area (Å²) in [7, 11) is 1.58. The molecule has 1 fully saturated rings.